The molecule has 1 aromatic rings. The fraction of sp³-hybridized carbons (Fsp3) is 0.818. The van der Waals surface area contributed by atoms with Crippen molar-refractivity contribution in [1.82, 2.24) is 19.7 Å². The number of hydrogen-bond donors (Lipinski definition) is 1. The molecule has 0 unspecified atom stereocenters. The van der Waals surface area contributed by atoms with E-state index in [2.05, 4.69) is 44.8 Å². The molecule has 0 atom stereocenters. The molecule has 108 valence electrons. The smallest absolute Gasteiger partial charge is 0.235 e. The van der Waals surface area contributed by atoms with Gasteiger partial charge in [-0.2, -0.15) is 0 Å². The van der Waals surface area contributed by atoms with Gasteiger partial charge in [0.05, 0.1) is 0 Å². The van der Waals surface area contributed by atoms with Gasteiger partial charge in [0.1, 0.15) is 0 Å². The van der Waals surface area contributed by atoms with E-state index in [-0.39, 0.29) is 15.7 Å². The van der Waals surface area contributed by atoms with Crippen LogP contribution in [0.5, 0.6) is 0 Å². The van der Waals surface area contributed by atoms with E-state index in [0.717, 1.165) is 25.7 Å². The fourth-order valence-electron chi connectivity index (χ4n) is 2.40. The molecule has 0 saturated heterocycles. The molecule has 1 saturated carbocycles. The Morgan fingerprint density at radius 1 is 1.37 bits per heavy atom. The Hall–Kier alpha value is -0.470. The first-order valence-corrected chi connectivity index (χ1v) is 8.56. The lowest BCUT2D eigenvalue weighted by Crippen LogP contribution is -2.39. The van der Waals surface area contributed by atoms with E-state index in [0.29, 0.717) is 5.41 Å². The van der Waals surface area contributed by atoms with Gasteiger partial charge in [-0.1, -0.05) is 19.1 Å². The van der Waals surface area contributed by atoms with Crippen molar-refractivity contribution in [2.45, 2.75) is 50.6 Å². The van der Waals surface area contributed by atoms with Crippen molar-refractivity contribution in [2.75, 3.05) is 0 Å². The molecule has 8 heteroatoms. The normalized spacial score (nSPS) is 20.6. The lowest BCUT2D eigenvalue weighted by atomic mass is 9.76. The van der Waals surface area contributed by atoms with Crippen LogP contribution < -0.4 is 4.72 Å². The van der Waals surface area contributed by atoms with Gasteiger partial charge in [-0.05, 0) is 47.0 Å². The molecule has 1 aliphatic carbocycles. The molecule has 6 nitrogen and oxygen atoms in total. The zero-order valence-corrected chi connectivity index (χ0v) is 13.8. The molecular weight excluding hydrogens is 332 g/mol. The first-order chi connectivity index (χ1) is 8.71. The highest BCUT2D eigenvalue weighted by molar-refractivity contribution is 9.10. The average Bonchev–Trinajstić information content (AvgIpc) is 2.62. The summed E-state index contributed by atoms with van der Waals surface area (Å²) in [5.74, 6) is 0. The minimum atomic E-state index is -3.57. The Morgan fingerprint density at radius 3 is 2.42 bits per heavy atom. The third kappa shape index (κ3) is 3.35. The van der Waals surface area contributed by atoms with Crippen molar-refractivity contribution >= 4 is 26.0 Å². The van der Waals surface area contributed by atoms with Gasteiger partial charge in [0, 0.05) is 13.1 Å². The molecular formula is C11H19BrN4O2S. The third-order valence-electron chi connectivity index (χ3n) is 3.65. The standard InChI is InChI=1S/C11H19BrN4O2S/c1-11(2)6-4-8(5-7-11)14-19(17,18)10-9(12)13-15-16(10)3/h8,14H,4-7H2,1-3H3. The van der Waals surface area contributed by atoms with Crippen LogP contribution in [0, 0.1) is 5.41 Å². The first kappa shape index (κ1) is 14.9. The Kier molecular flexibility index (Phi) is 4.04. The predicted molar refractivity (Wildman–Crippen MR) is 75.1 cm³/mol. The maximum Gasteiger partial charge on any atom is 0.260 e. The fourth-order valence-corrected chi connectivity index (χ4v) is 4.80. The predicted octanol–water partition coefficient (Wildman–Crippen LogP) is 1.82. The topological polar surface area (TPSA) is 76.9 Å². The highest BCUT2D eigenvalue weighted by Crippen LogP contribution is 2.35. The number of nitrogens with one attached hydrogen (secondary N) is 1. The summed E-state index contributed by atoms with van der Waals surface area (Å²) in [6.07, 6.45) is 3.81. The third-order valence-corrected chi connectivity index (χ3v) is 6.06. The molecule has 1 heterocycles. The minimum Gasteiger partial charge on any atom is -0.235 e. The number of sulfonamides is 1. The maximum absolute atomic E-state index is 12.3. The molecule has 0 aromatic carbocycles. The van der Waals surface area contributed by atoms with Crippen LogP contribution in [0.15, 0.2) is 9.63 Å². The number of halogens is 1. The van der Waals surface area contributed by atoms with Crippen LogP contribution in [-0.2, 0) is 17.1 Å². The zero-order valence-electron chi connectivity index (χ0n) is 11.4. The number of aryl methyl sites for hydroxylation is 1. The van der Waals surface area contributed by atoms with Gasteiger partial charge in [0.15, 0.2) is 4.60 Å². The Morgan fingerprint density at radius 2 is 1.95 bits per heavy atom. The van der Waals surface area contributed by atoms with Crippen LogP contribution in [0.1, 0.15) is 39.5 Å². The molecule has 0 bridgehead atoms. The van der Waals surface area contributed by atoms with Gasteiger partial charge in [0.2, 0.25) is 5.03 Å². The summed E-state index contributed by atoms with van der Waals surface area (Å²) in [5.41, 5.74) is 0.316. The van der Waals surface area contributed by atoms with E-state index in [1.807, 2.05) is 0 Å². The summed E-state index contributed by atoms with van der Waals surface area (Å²) in [6, 6.07) is -0.000162. The second-order valence-electron chi connectivity index (χ2n) is 5.87. The summed E-state index contributed by atoms with van der Waals surface area (Å²) in [5, 5.41) is 7.49. The van der Waals surface area contributed by atoms with Crippen LogP contribution in [0.25, 0.3) is 0 Å². The van der Waals surface area contributed by atoms with Crippen LogP contribution >= 0.6 is 15.9 Å². The minimum absolute atomic E-state index is 0.000162. The molecule has 0 amide bonds. The molecule has 1 aliphatic rings. The SMILES string of the molecule is Cn1nnc(Br)c1S(=O)(=O)NC1CCC(C)(C)CC1. The highest BCUT2D eigenvalue weighted by atomic mass is 79.9. The van der Waals surface area contributed by atoms with Gasteiger partial charge in [-0.15, -0.1) is 5.10 Å². The van der Waals surface area contributed by atoms with Crippen LogP contribution in [0.4, 0.5) is 0 Å². The quantitative estimate of drug-likeness (QED) is 0.901. The average molecular weight is 351 g/mol. The molecule has 1 fully saturated rings. The monoisotopic (exact) mass is 350 g/mol. The van der Waals surface area contributed by atoms with Crippen molar-refractivity contribution in [3.05, 3.63) is 4.60 Å². The maximum atomic E-state index is 12.3. The van der Waals surface area contributed by atoms with Crippen LogP contribution in [0.3, 0.4) is 0 Å². The number of hydrogen-bond acceptors (Lipinski definition) is 4. The number of rotatable bonds is 3. The van der Waals surface area contributed by atoms with Crippen molar-refractivity contribution in [3.63, 3.8) is 0 Å². The Labute approximate surface area is 122 Å². The van der Waals surface area contributed by atoms with E-state index < -0.39 is 10.0 Å². The summed E-state index contributed by atoms with van der Waals surface area (Å²) in [4.78, 5) is 0. The van der Waals surface area contributed by atoms with Crippen molar-refractivity contribution < 1.29 is 8.42 Å². The van der Waals surface area contributed by atoms with E-state index in [9.17, 15) is 8.42 Å². The van der Waals surface area contributed by atoms with Crippen molar-refractivity contribution in [1.29, 1.82) is 0 Å². The van der Waals surface area contributed by atoms with Crippen LogP contribution in [-0.4, -0.2) is 29.5 Å². The lowest BCUT2D eigenvalue weighted by Gasteiger charge is -2.34. The second-order valence-corrected chi connectivity index (χ2v) is 8.25. The number of nitrogens with zero attached hydrogens (tertiary/aromatic N) is 3. The van der Waals surface area contributed by atoms with Crippen LogP contribution in [0.2, 0.25) is 0 Å². The lowest BCUT2D eigenvalue weighted by molar-refractivity contribution is 0.218. The molecule has 19 heavy (non-hydrogen) atoms. The van der Waals surface area contributed by atoms with Gasteiger partial charge < -0.3 is 0 Å². The van der Waals surface area contributed by atoms with Crippen molar-refractivity contribution in [3.8, 4) is 0 Å². The summed E-state index contributed by atoms with van der Waals surface area (Å²) < 4.78 is 28.9. The zero-order chi connectivity index (χ0) is 14.3. The Balaban J connectivity index is 2.11. The molecule has 0 aliphatic heterocycles. The van der Waals surface area contributed by atoms with E-state index in [1.165, 1.54) is 4.68 Å². The Bertz CT molecular complexity index is 538. The van der Waals surface area contributed by atoms with E-state index in [4.69, 9.17) is 0 Å². The number of aromatic nitrogens is 3. The molecule has 0 spiro atoms. The second kappa shape index (κ2) is 5.14. The van der Waals surface area contributed by atoms with Gasteiger partial charge in [-0.25, -0.2) is 17.8 Å². The van der Waals surface area contributed by atoms with Gasteiger partial charge in [0.25, 0.3) is 10.0 Å². The highest BCUT2D eigenvalue weighted by Gasteiger charge is 2.31. The molecule has 0 radical (unpaired) electrons. The molecule has 1 N–H and O–H groups in total. The van der Waals surface area contributed by atoms with Crippen molar-refractivity contribution in [2.24, 2.45) is 12.5 Å². The summed E-state index contributed by atoms with van der Waals surface area (Å²) in [6.45, 7) is 4.44. The summed E-state index contributed by atoms with van der Waals surface area (Å²) in [7, 11) is -2.01. The largest absolute Gasteiger partial charge is 0.260 e. The first-order valence-electron chi connectivity index (χ1n) is 6.29. The summed E-state index contributed by atoms with van der Waals surface area (Å²) >= 11 is 3.12. The molecule has 1 aromatic heterocycles. The van der Waals surface area contributed by atoms with E-state index in [1.54, 1.807) is 7.05 Å². The van der Waals surface area contributed by atoms with E-state index >= 15 is 0 Å². The van der Waals surface area contributed by atoms with Gasteiger partial charge >= 0.3 is 0 Å². The molecule has 2 rings (SSSR count). The van der Waals surface area contributed by atoms with Gasteiger partial charge in [-0.3, -0.25) is 0 Å².